The summed E-state index contributed by atoms with van der Waals surface area (Å²) in [4.78, 5) is 10.5. The summed E-state index contributed by atoms with van der Waals surface area (Å²) in [6, 6.07) is 0. The molecule has 17 heavy (non-hydrogen) atoms. The Morgan fingerprint density at radius 1 is 1.35 bits per heavy atom. The lowest BCUT2D eigenvalue weighted by molar-refractivity contribution is -0.129. The SMILES string of the molecule is CC(C)=CCCC(C)CCNN=C(C)C(=O)O. The highest BCUT2D eigenvalue weighted by molar-refractivity contribution is 6.34. The molecule has 0 aromatic heterocycles. The van der Waals surface area contributed by atoms with E-state index in [1.54, 1.807) is 0 Å². The number of nitrogens with one attached hydrogen (secondary N) is 1. The van der Waals surface area contributed by atoms with Crippen molar-refractivity contribution in [3.8, 4) is 0 Å². The van der Waals surface area contributed by atoms with Crippen molar-refractivity contribution < 1.29 is 9.90 Å². The molecule has 0 aromatic rings. The number of hydrogen-bond acceptors (Lipinski definition) is 3. The summed E-state index contributed by atoms with van der Waals surface area (Å²) in [5.41, 5.74) is 4.25. The number of hydrogen-bond donors (Lipinski definition) is 2. The predicted octanol–water partition coefficient (Wildman–Crippen LogP) is 2.81. The van der Waals surface area contributed by atoms with Crippen LogP contribution in [0.5, 0.6) is 0 Å². The summed E-state index contributed by atoms with van der Waals surface area (Å²) >= 11 is 0. The number of carboxylic acid groups (broad SMARTS) is 1. The first kappa shape index (κ1) is 15.7. The Hall–Kier alpha value is -1.32. The summed E-state index contributed by atoms with van der Waals surface area (Å²) in [5, 5.41) is 12.3. The molecule has 0 heterocycles. The monoisotopic (exact) mass is 240 g/mol. The molecule has 0 rings (SSSR count). The van der Waals surface area contributed by atoms with Gasteiger partial charge in [0.2, 0.25) is 0 Å². The molecule has 4 nitrogen and oxygen atoms in total. The van der Waals surface area contributed by atoms with Gasteiger partial charge < -0.3 is 10.5 Å². The fourth-order valence-corrected chi connectivity index (χ4v) is 1.33. The topological polar surface area (TPSA) is 61.7 Å². The maximum atomic E-state index is 10.5. The second-order valence-electron chi connectivity index (χ2n) is 4.66. The molecule has 2 N–H and O–H groups in total. The molecule has 0 spiro atoms. The number of nitrogens with zero attached hydrogens (tertiary/aromatic N) is 1. The predicted molar refractivity (Wildman–Crippen MR) is 71.2 cm³/mol. The Morgan fingerprint density at radius 2 is 2.00 bits per heavy atom. The van der Waals surface area contributed by atoms with Gasteiger partial charge in [-0.25, -0.2) is 4.79 Å². The first-order valence-corrected chi connectivity index (χ1v) is 6.07. The number of carbonyl (C=O) groups is 1. The Kier molecular flexibility index (Phi) is 8.11. The van der Waals surface area contributed by atoms with Crippen LogP contribution in [0, 0.1) is 5.92 Å². The van der Waals surface area contributed by atoms with E-state index in [0.29, 0.717) is 5.92 Å². The van der Waals surface area contributed by atoms with E-state index < -0.39 is 5.97 Å². The van der Waals surface area contributed by atoms with Crippen molar-refractivity contribution in [1.82, 2.24) is 5.43 Å². The summed E-state index contributed by atoms with van der Waals surface area (Å²) in [6.07, 6.45) is 5.53. The molecule has 0 saturated heterocycles. The number of carboxylic acids is 1. The molecule has 0 fully saturated rings. The summed E-state index contributed by atoms with van der Waals surface area (Å²) in [5.74, 6) is -0.354. The van der Waals surface area contributed by atoms with Gasteiger partial charge in [0, 0.05) is 6.54 Å². The van der Waals surface area contributed by atoms with Crippen LogP contribution in [0.15, 0.2) is 16.8 Å². The zero-order valence-corrected chi connectivity index (χ0v) is 11.3. The van der Waals surface area contributed by atoms with Crippen LogP contribution in [0.4, 0.5) is 0 Å². The average Bonchev–Trinajstić information content (AvgIpc) is 2.23. The molecule has 0 aliphatic rings. The van der Waals surface area contributed by atoms with Crippen molar-refractivity contribution in [1.29, 1.82) is 0 Å². The summed E-state index contributed by atoms with van der Waals surface area (Å²) in [6.45, 7) is 8.62. The second kappa shape index (κ2) is 8.79. The van der Waals surface area contributed by atoms with Crippen molar-refractivity contribution in [2.45, 2.75) is 47.0 Å². The Bertz CT molecular complexity index is 292. The smallest absolute Gasteiger partial charge is 0.351 e. The lowest BCUT2D eigenvalue weighted by Gasteiger charge is -2.09. The molecule has 1 atom stereocenters. The van der Waals surface area contributed by atoms with Gasteiger partial charge in [-0.05, 0) is 46.0 Å². The first-order chi connectivity index (χ1) is 7.93. The van der Waals surface area contributed by atoms with Gasteiger partial charge in [0.1, 0.15) is 5.71 Å². The number of hydrazone groups is 1. The van der Waals surface area contributed by atoms with Crippen molar-refractivity contribution >= 4 is 11.7 Å². The van der Waals surface area contributed by atoms with E-state index >= 15 is 0 Å². The van der Waals surface area contributed by atoms with Crippen LogP contribution in [-0.4, -0.2) is 23.3 Å². The normalized spacial score (nSPS) is 13.1. The van der Waals surface area contributed by atoms with E-state index in [4.69, 9.17) is 5.11 Å². The largest absolute Gasteiger partial charge is 0.477 e. The molecule has 0 amide bonds. The third-order valence-corrected chi connectivity index (χ3v) is 2.52. The molecule has 0 radical (unpaired) electrons. The van der Waals surface area contributed by atoms with Gasteiger partial charge in [0.05, 0.1) is 0 Å². The molecule has 0 saturated carbocycles. The molecular formula is C13H24N2O2. The number of aliphatic carboxylic acids is 1. The highest BCUT2D eigenvalue weighted by Gasteiger charge is 2.02. The van der Waals surface area contributed by atoms with Crippen molar-refractivity contribution in [3.05, 3.63) is 11.6 Å². The maximum absolute atomic E-state index is 10.5. The van der Waals surface area contributed by atoms with E-state index in [1.165, 1.54) is 12.5 Å². The van der Waals surface area contributed by atoms with Gasteiger partial charge in [-0.1, -0.05) is 18.6 Å². The lowest BCUT2D eigenvalue weighted by atomic mass is 10.0. The minimum Gasteiger partial charge on any atom is -0.477 e. The minimum atomic E-state index is -0.978. The fraction of sp³-hybridized carbons (Fsp3) is 0.692. The van der Waals surface area contributed by atoms with Gasteiger partial charge >= 0.3 is 5.97 Å². The molecule has 98 valence electrons. The van der Waals surface area contributed by atoms with Gasteiger partial charge in [0.25, 0.3) is 0 Å². The Balaban J connectivity index is 3.65. The van der Waals surface area contributed by atoms with E-state index in [-0.39, 0.29) is 5.71 Å². The highest BCUT2D eigenvalue weighted by Crippen LogP contribution is 2.10. The highest BCUT2D eigenvalue weighted by atomic mass is 16.4. The van der Waals surface area contributed by atoms with Crippen LogP contribution >= 0.6 is 0 Å². The molecule has 4 heteroatoms. The molecule has 0 aliphatic heterocycles. The third-order valence-electron chi connectivity index (χ3n) is 2.52. The van der Waals surface area contributed by atoms with Gasteiger partial charge in [0.15, 0.2) is 0 Å². The molecule has 0 aliphatic carbocycles. The van der Waals surface area contributed by atoms with Crippen LogP contribution in [-0.2, 0) is 4.79 Å². The van der Waals surface area contributed by atoms with Crippen LogP contribution in [0.1, 0.15) is 47.0 Å². The Morgan fingerprint density at radius 3 is 2.53 bits per heavy atom. The third kappa shape index (κ3) is 9.60. The summed E-state index contributed by atoms with van der Waals surface area (Å²) < 4.78 is 0. The summed E-state index contributed by atoms with van der Waals surface area (Å²) in [7, 11) is 0. The average molecular weight is 240 g/mol. The molecule has 0 aromatic carbocycles. The van der Waals surface area contributed by atoms with Gasteiger partial charge in [-0.2, -0.15) is 5.10 Å². The van der Waals surface area contributed by atoms with Crippen LogP contribution in [0.2, 0.25) is 0 Å². The van der Waals surface area contributed by atoms with Gasteiger partial charge in [-0.3, -0.25) is 0 Å². The standard InChI is InChI=1S/C13H24N2O2/c1-10(2)6-5-7-11(3)8-9-14-15-12(4)13(16)17/h6,11,14H,5,7-9H2,1-4H3,(H,16,17). The second-order valence-corrected chi connectivity index (χ2v) is 4.66. The lowest BCUT2D eigenvalue weighted by Crippen LogP contribution is -2.17. The molecular weight excluding hydrogens is 216 g/mol. The number of rotatable bonds is 8. The minimum absolute atomic E-state index is 0.0993. The maximum Gasteiger partial charge on any atom is 0.351 e. The number of allylic oxidation sites excluding steroid dienone is 2. The van der Waals surface area contributed by atoms with E-state index in [9.17, 15) is 4.79 Å². The van der Waals surface area contributed by atoms with Crippen LogP contribution in [0.25, 0.3) is 0 Å². The zero-order chi connectivity index (χ0) is 13.3. The Labute approximate surface area is 104 Å². The molecule has 0 bridgehead atoms. The zero-order valence-electron chi connectivity index (χ0n) is 11.3. The van der Waals surface area contributed by atoms with E-state index in [1.807, 2.05) is 0 Å². The van der Waals surface area contributed by atoms with E-state index in [0.717, 1.165) is 25.8 Å². The van der Waals surface area contributed by atoms with Gasteiger partial charge in [-0.15, -0.1) is 0 Å². The van der Waals surface area contributed by atoms with Crippen molar-refractivity contribution in [2.75, 3.05) is 6.54 Å². The van der Waals surface area contributed by atoms with Crippen molar-refractivity contribution in [2.24, 2.45) is 11.0 Å². The quantitative estimate of drug-likeness (QED) is 0.297. The van der Waals surface area contributed by atoms with E-state index in [2.05, 4.69) is 37.4 Å². The van der Waals surface area contributed by atoms with Crippen LogP contribution in [0.3, 0.4) is 0 Å². The van der Waals surface area contributed by atoms with Crippen LogP contribution < -0.4 is 5.43 Å². The van der Waals surface area contributed by atoms with Crippen molar-refractivity contribution in [3.63, 3.8) is 0 Å². The molecule has 1 unspecified atom stereocenters. The first-order valence-electron chi connectivity index (χ1n) is 6.07. The fourth-order valence-electron chi connectivity index (χ4n) is 1.33.